The highest BCUT2D eigenvalue weighted by molar-refractivity contribution is 6.06. The highest BCUT2D eigenvalue weighted by Crippen LogP contribution is 2.24. The molecular weight excluding hydrogens is 336 g/mol. The number of hydrogen-bond donors (Lipinski definition) is 1. The van der Waals surface area contributed by atoms with Crippen molar-refractivity contribution in [2.75, 3.05) is 0 Å². The van der Waals surface area contributed by atoms with Gasteiger partial charge in [-0.05, 0) is 44.4 Å². The van der Waals surface area contributed by atoms with E-state index in [2.05, 4.69) is 16.4 Å². The fraction of sp³-hybridized carbons (Fsp3) is 0.318. The zero-order chi connectivity index (χ0) is 19.3. The minimum atomic E-state index is -0.484. The summed E-state index contributed by atoms with van der Waals surface area (Å²) in [6.45, 7) is 4.74. The van der Waals surface area contributed by atoms with E-state index in [1.165, 1.54) is 0 Å². The second-order valence-corrected chi connectivity index (χ2v) is 7.17. The molecule has 1 N–H and O–H groups in total. The molecule has 1 aromatic carbocycles. The zero-order valence-corrected chi connectivity index (χ0v) is 15.8. The van der Waals surface area contributed by atoms with Crippen LogP contribution in [0.3, 0.4) is 0 Å². The van der Waals surface area contributed by atoms with Crippen LogP contribution in [0, 0.1) is 11.3 Å². The van der Waals surface area contributed by atoms with Crippen LogP contribution >= 0.6 is 0 Å². The lowest BCUT2D eigenvalue weighted by Gasteiger charge is -2.26. The second kappa shape index (κ2) is 8.05. The van der Waals surface area contributed by atoms with Gasteiger partial charge in [-0.15, -0.1) is 0 Å². The normalized spacial score (nSPS) is 11.3. The number of fused-ring (bicyclic) bond motifs is 1. The molecule has 138 valence electrons. The van der Waals surface area contributed by atoms with Crippen molar-refractivity contribution in [3.8, 4) is 6.07 Å². The number of rotatable bonds is 7. The monoisotopic (exact) mass is 360 g/mol. The number of nitriles is 1. The molecule has 0 saturated heterocycles. The van der Waals surface area contributed by atoms with Gasteiger partial charge < -0.3 is 9.88 Å². The number of aryl methyl sites for hydroxylation is 1. The number of benzene rings is 1. The Kier molecular flexibility index (Phi) is 5.56. The van der Waals surface area contributed by atoms with E-state index in [1.807, 2.05) is 67.1 Å². The SMILES string of the molecule is CC(C)(NC(=O)c1cn(CCCCC#N)c2ncccc12)c1ccccc1. The van der Waals surface area contributed by atoms with Crippen LogP contribution < -0.4 is 5.32 Å². The molecular formula is C22H24N4O. The summed E-state index contributed by atoms with van der Waals surface area (Å²) >= 11 is 0. The fourth-order valence-corrected chi connectivity index (χ4v) is 3.24. The first kappa shape index (κ1) is 18.7. The van der Waals surface area contributed by atoms with E-state index in [9.17, 15) is 4.79 Å². The third kappa shape index (κ3) is 4.17. The molecule has 0 aliphatic rings. The van der Waals surface area contributed by atoms with Gasteiger partial charge in [0.1, 0.15) is 5.65 Å². The molecule has 1 amide bonds. The van der Waals surface area contributed by atoms with Crippen LogP contribution in [0.25, 0.3) is 11.0 Å². The average Bonchev–Trinajstić information content (AvgIpc) is 3.05. The summed E-state index contributed by atoms with van der Waals surface area (Å²) in [5.74, 6) is -0.113. The molecule has 0 unspecified atom stereocenters. The van der Waals surface area contributed by atoms with Crippen molar-refractivity contribution >= 4 is 16.9 Å². The van der Waals surface area contributed by atoms with Crippen LogP contribution in [0.5, 0.6) is 0 Å². The Hall–Kier alpha value is -3.13. The van der Waals surface area contributed by atoms with E-state index >= 15 is 0 Å². The highest BCUT2D eigenvalue weighted by atomic mass is 16.1. The number of nitrogens with zero attached hydrogens (tertiary/aromatic N) is 3. The number of amides is 1. The Morgan fingerprint density at radius 3 is 2.70 bits per heavy atom. The van der Waals surface area contributed by atoms with Crippen molar-refractivity contribution in [3.63, 3.8) is 0 Å². The van der Waals surface area contributed by atoms with Crippen molar-refractivity contribution in [3.05, 3.63) is 66.0 Å². The Balaban J connectivity index is 1.85. The predicted molar refractivity (Wildman–Crippen MR) is 106 cm³/mol. The molecule has 0 bridgehead atoms. The van der Waals surface area contributed by atoms with Gasteiger partial charge in [-0.2, -0.15) is 5.26 Å². The summed E-state index contributed by atoms with van der Waals surface area (Å²) in [7, 11) is 0. The minimum Gasteiger partial charge on any atom is -0.343 e. The van der Waals surface area contributed by atoms with Gasteiger partial charge in [-0.3, -0.25) is 4.79 Å². The van der Waals surface area contributed by atoms with Crippen LogP contribution in [0.4, 0.5) is 0 Å². The van der Waals surface area contributed by atoms with Gasteiger partial charge in [-0.1, -0.05) is 30.3 Å². The molecule has 0 aliphatic heterocycles. The summed E-state index contributed by atoms with van der Waals surface area (Å²) in [5.41, 5.74) is 2.00. The molecule has 0 atom stereocenters. The minimum absolute atomic E-state index is 0.113. The molecule has 3 aromatic rings. The number of nitrogens with one attached hydrogen (secondary N) is 1. The lowest BCUT2D eigenvalue weighted by Crippen LogP contribution is -2.40. The van der Waals surface area contributed by atoms with Crippen molar-refractivity contribution in [2.45, 2.75) is 45.2 Å². The topological polar surface area (TPSA) is 70.7 Å². The van der Waals surface area contributed by atoms with E-state index in [1.54, 1.807) is 6.20 Å². The molecule has 2 heterocycles. The van der Waals surface area contributed by atoms with Gasteiger partial charge in [0.15, 0.2) is 0 Å². The van der Waals surface area contributed by atoms with E-state index in [0.717, 1.165) is 36.0 Å². The van der Waals surface area contributed by atoms with Gasteiger partial charge in [0.05, 0.1) is 17.2 Å². The lowest BCUT2D eigenvalue weighted by molar-refractivity contribution is 0.0913. The number of pyridine rings is 1. The molecule has 0 spiro atoms. The van der Waals surface area contributed by atoms with Crippen LogP contribution in [0.1, 0.15) is 49.0 Å². The van der Waals surface area contributed by atoms with E-state index in [4.69, 9.17) is 5.26 Å². The number of unbranched alkanes of at least 4 members (excludes halogenated alkanes) is 2. The van der Waals surface area contributed by atoms with E-state index in [0.29, 0.717) is 12.0 Å². The van der Waals surface area contributed by atoms with Crippen molar-refractivity contribution in [1.82, 2.24) is 14.9 Å². The molecule has 0 fully saturated rings. The lowest BCUT2D eigenvalue weighted by atomic mass is 9.94. The first-order valence-corrected chi connectivity index (χ1v) is 9.22. The second-order valence-electron chi connectivity index (χ2n) is 7.17. The maximum Gasteiger partial charge on any atom is 0.254 e. The van der Waals surface area contributed by atoms with Crippen LogP contribution in [0.2, 0.25) is 0 Å². The van der Waals surface area contributed by atoms with Gasteiger partial charge in [0, 0.05) is 30.7 Å². The van der Waals surface area contributed by atoms with Gasteiger partial charge in [0.25, 0.3) is 5.91 Å². The summed E-state index contributed by atoms with van der Waals surface area (Å²) in [6.07, 6.45) is 5.88. The van der Waals surface area contributed by atoms with E-state index in [-0.39, 0.29) is 5.91 Å². The fourth-order valence-electron chi connectivity index (χ4n) is 3.24. The average molecular weight is 360 g/mol. The quantitative estimate of drug-likeness (QED) is 0.635. The molecule has 0 aliphatic carbocycles. The molecule has 3 rings (SSSR count). The largest absolute Gasteiger partial charge is 0.343 e. The number of carbonyl (C=O) groups excluding carboxylic acids is 1. The molecule has 5 nitrogen and oxygen atoms in total. The van der Waals surface area contributed by atoms with Gasteiger partial charge in [0.2, 0.25) is 0 Å². The molecule has 0 saturated carbocycles. The van der Waals surface area contributed by atoms with Crippen molar-refractivity contribution < 1.29 is 4.79 Å². The smallest absolute Gasteiger partial charge is 0.254 e. The Labute approximate surface area is 159 Å². The maximum atomic E-state index is 13.0. The zero-order valence-electron chi connectivity index (χ0n) is 15.8. The summed E-state index contributed by atoms with van der Waals surface area (Å²) in [6, 6.07) is 15.9. The standard InChI is InChI=1S/C22H24N4O/c1-22(2,17-10-5-3-6-11-17)25-21(27)19-16-26(15-8-4-7-13-23)20-18(19)12-9-14-24-20/h3,5-6,9-12,14,16H,4,7-8,15H2,1-2H3,(H,25,27). The highest BCUT2D eigenvalue weighted by Gasteiger charge is 2.25. The first-order valence-electron chi connectivity index (χ1n) is 9.22. The van der Waals surface area contributed by atoms with E-state index < -0.39 is 5.54 Å². The summed E-state index contributed by atoms with van der Waals surface area (Å²) in [5, 5.41) is 12.7. The number of hydrogen-bond acceptors (Lipinski definition) is 3. The maximum absolute atomic E-state index is 13.0. The Bertz CT molecular complexity index is 967. The molecule has 2 aromatic heterocycles. The number of carbonyl (C=O) groups is 1. The molecule has 27 heavy (non-hydrogen) atoms. The van der Waals surface area contributed by atoms with Crippen LogP contribution in [-0.4, -0.2) is 15.5 Å². The number of aromatic nitrogens is 2. The van der Waals surface area contributed by atoms with Crippen LogP contribution in [0.15, 0.2) is 54.9 Å². The molecule has 5 heteroatoms. The predicted octanol–water partition coefficient (Wildman–Crippen LogP) is 4.40. The summed E-state index contributed by atoms with van der Waals surface area (Å²) in [4.78, 5) is 17.5. The van der Waals surface area contributed by atoms with Gasteiger partial charge in [-0.25, -0.2) is 4.98 Å². The Morgan fingerprint density at radius 1 is 1.19 bits per heavy atom. The third-order valence-electron chi connectivity index (χ3n) is 4.74. The Morgan fingerprint density at radius 2 is 1.96 bits per heavy atom. The van der Waals surface area contributed by atoms with Crippen molar-refractivity contribution in [1.29, 1.82) is 5.26 Å². The first-order chi connectivity index (χ1) is 13.0. The van der Waals surface area contributed by atoms with Crippen LogP contribution in [-0.2, 0) is 12.1 Å². The molecule has 0 radical (unpaired) electrons. The third-order valence-corrected chi connectivity index (χ3v) is 4.74. The summed E-state index contributed by atoms with van der Waals surface area (Å²) < 4.78 is 2.01. The van der Waals surface area contributed by atoms with Gasteiger partial charge >= 0.3 is 0 Å². The van der Waals surface area contributed by atoms with Crippen molar-refractivity contribution in [2.24, 2.45) is 0 Å².